The Morgan fingerprint density at radius 1 is 0.931 bits per heavy atom. The lowest BCUT2D eigenvalue weighted by Gasteiger charge is -2.07. The highest BCUT2D eigenvalue weighted by Crippen LogP contribution is 2.28. The van der Waals surface area contributed by atoms with Crippen LogP contribution >= 0.6 is 46.4 Å². The largest absolute Gasteiger partial charge is 0.342 e. The number of fused-ring (bicyclic) bond motifs is 1. The number of amides is 1. The molecule has 0 bridgehead atoms. The third kappa shape index (κ3) is 4.36. The minimum Gasteiger partial charge on any atom is -0.342 e. The van der Waals surface area contributed by atoms with Gasteiger partial charge >= 0.3 is 0 Å². The maximum Gasteiger partial charge on any atom is 0.257 e. The van der Waals surface area contributed by atoms with Crippen LogP contribution in [0, 0.1) is 0 Å². The second-order valence-electron chi connectivity index (χ2n) is 6.37. The number of hydrogen-bond acceptors (Lipinski definition) is 2. The van der Waals surface area contributed by atoms with Crippen molar-refractivity contribution in [1.29, 1.82) is 0 Å². The molecule has 0 saturated carbocycles. The van der Waals surface area contributed by atoms with Crippen LogP contribution in [-0.4, -0.2) is 15.9 Å². The number of nitrogens with zero attached hydrogens (tertiary/aromatic N) is 1. The van der Waals surface area contributed by atoms with E-state index in [-0.39, 0.29) is 5.91 Å². The van der Waals surface area contributed by atoms with E-state index in [1.54, 1.807) is 54.6 Å². The van der Waals surface area contributed by atoms with Gasteiger partial charge in [-0.15, -0.1) is 0 Å². The number of carbonyl (C=O) groups is 1. The van der Waals surface area contributed by atoms with Gasteiger partial charge in [-0.3, -0.25) is 4.79 Å². The maximum atomic E-state index is 12.7. The third-order valence-electron chi connectivity index (χ3n) is 4.35. The molecule has 3 aromatic carbocycles. The maximum absolute atomic E-state index is 12.7. The van der Waals surface area contributed by atoms with Crippen molar-refractivity contribution < 1.29 is 4.79 Å². The molecule has 1 heterocycles. The summed E-state index contributed by atoms with van der Waals surface area (Å²) in [7, 11) is 0. The van der Waals surface area contributed by atoms with Gasteiger partial charge in [-0.05, 0) is 48.0 Å². The van der Waals surface area contributed by atoms with Crippen molar-refractivity contribution >= 4 is 69.0 Å². The SMILES string of the molecule is O=C(Nc1cccc(Cl)c1)c1cc2nc(Cc3c(Cl)cccc3Cl)[nH]c2cc1Cl. The van der Waals surface area contributed by atoms with E-state index in [0.29, 0.717) is 54.6 Å². The Morgan fingerprint density at radius 2 is 1.66 bits per heavy atom. The number of aromatic nitrogens is 2. The zero-order valence-electron chi connectivity index (χ0n) is 14.8. The first kappa shape index (κ1) is 20.0. The summed E-state index contributed by atoms with van der Waals surface area (Å²) in [6.07, 6.45) is 0.425. The molecule has 1 amide bonds. The van der Waals surface area contributed by atoms with Gasteiger partial charge in [0, 0.05) is 27.2 Å². The van der Waals surface area contributed by atoms with Gasteiger partial charge in [0.2, 0.25) is 0 Å². The minimum atomic E-state index is -0.349. The number of H-pyrrole nitrogens is 1. The first-order valence-corrected chi connectivity index (χ1v) is 10.1. The molecule has 2 N–H and O–H groups in total. The number of aromatic amines is 1. The Kier molecular flexibility index (Phi) is 5.70. The highest BCUT2D eigenvalue weighted by molar-refractivity contribution is 6.36. The van der Waals surface area contributed by atoms with Crippen molar-refractivity contribution in [2.45, 2.75) is 6.42 Å². The summed E-state index contributed by atoms with van der Waals surface area (Å²) in [6.45, 7) is 0. The van der Waals surface area contributed by atoms with E-state index in [2.05, 4.69) is 15.3 Å². The number of carbonyl (C=O) groups excluding carboxylic acids is 1. The van der Waals surface area contributed by atoms with Crippen LogP contribution in [-0.2, 0) is 6.42 Å². The molecular weight excluding hydrogens is 452 g/mol. The van der Waals surface area contributed by atoms with Gasteiger partial charge in [0.15, 0.2) is 0 Å². The van der Waals surface area contributed by atoms with Crippen LogP contribution in [0.1, 0.15) is 21.7 Å². The standard InChI is InChI=1S/C21H13Cl4N3O/c22-11-3-1-4-12(7-11)26-21(29)14-8-18-19(10-17(14)25)28-20(27-18)9-13-15(23)5-2-6-16(13)24/h1-8,10H,9H2,(H,26,29)(H,27,28). The normalized spacial score (nSPS) is 11.0. The summed E-state index contributed by atoms with van der Waals surface area (Å²) in [5.41, 5.74) is 3.00. The van der Waals surface area contributed by atoms with Crippen LogP contribution in [0.2, 0.25) is 20.1 Å². The first-order valence-electron chi connectivity index (χ1n) is 8.58. The third-order valence-corrected chi connectivity index (χ3v) is 5.61. The fourth-order valence-electron chi connectivity index (χ4n) is 2.97. The van der Waals surface area contributed by atoms with Gasteiger partial charge in [0.25, 0.3) is 5.91 Å². The molecule has 0 aliphatic carbocycles. The highest BCUT2D eigenvalue weighted by Gasteiger charge is 2.16. The summed E-state index contributed by atoms with van der Waals surface area (Å²) in [4.78, 5) is 20.4. The summed E-state index contributed by atoms with van der Waals surface area (Å²) < 4.78 is 0. The molecular formula is C21H13Cl4N3O. The molecule has 0 fully saturated rings. The summed E-state index contributed by atoms with van der Waals surface area (Å²) in [5, 5.41) is 4.76. The van der Waals surface area contributed by atoms with Crippen LogP contribution in [0.3, 0.4) is 0 Å². The van der Waals surface area contributed by atoms with Gasteiger partial charge in [-0.2, -0.15) is 0 Å². The number of anilines is 1. The fourth-order valence-corrected chi connectivity index (χ4v) is 3.95. The monoisotopic (exact) mass is 463 g/mol. The average Bonchev–Trinajstić information content (AvgIpc) is 3.05. The number of hydrogen-bond donors (Lipinski definition) is 2. The molecule has 4 nitrogen and oxygen atoms in total. The zero-order chi connectivity index (χ0) is 20.5. The van der Waals surface area contributed by atoms with Crippen molar-refractivity contribution in [3.05, 3.63) is 91.6 Å². The van der Waals surface area contributed by atoms with Crippen molar-refractivity contribution in [2.75, 3.05) is 5.32 Å². The van der Waals surface area contributed by atoms with Crippen molar-refractivity contribution in [3.63, 3.8) is 0 Å². The molecule has 8 heteroatoms. The van der Waals surface area contributed by atoms with Gasteiger partial charge in [0.1, 0.15) is 5.82 Å². The van der Waals surface area contributed by atoms with Crippen molar-refractivity contribution in [2.24, 2.45) is 0 Å². The lowest BCUT2D eigenvalue weighted by Crippen LogP contribution is -2.12. The van der Waals surface area contributed by atoms with Gasteiger partial charge in [-0.1, -0.05) is 58.5 Å². The van der Waals surface area contributed by atoms with Gasteiger partial charge < -0.3 is 10.3 Å². The van der Waals surface area contributed by atoms with E-state index in [1.807, 2.05) is 0 Å². The Hall–Kier alpha value is -2.24. The zero-order valence-corrected chi connectivity index (χ0v) is 17.8. The minimum absolute atomic E-state index is 0.308. The number of rotatable bonds is 4. The fraction of sp³-hybridized carbons (Fsp3) is 0.0476. The molecule has 29 heavy (non-hydrogen) atoms. The van der Waals surface area contributed by atoms with Crippen molar-refractivity contribution in [1.82, 2.24) is 9.97 Å². The first-order chi connectivity index (χ1) is 13.9. The smallest absolute Gasteiger partial charge is 0.257 e. The predicted molar refractivity (Wildman–Crippen MR) is 120 cm³/mol. The lowest BCUT2D eigenvalue weighted by molar-refractivity contribution is 0.102. The second kappa shape index (κ2) is 8.25. The molecule has 1 aromatic heterocycles. The molecule has 4 aromatic rings. The Morgan fingerprint density at radius 3 is 2.38 bits per heavy atom. The van der Waals surface area contributed by atoms with Gasteiger partial charge in [0.05, 0.1) is 21.6 Å². The van der Waals surface area contributed by atoms with E-state index in [4.69, 9.17) is 46.4 Å². The Bertz CT molecular complexity index is 1220. The summed E-state index contributed by atoms with van der Waals surface area (Å²) >= 11 is 24.8. The van der Waals surface area contributed by atoms with E-state index in [0.717, 1.165) is 5.56 Å². The molecule has 0 aliphatic rings. The molecule has 146 valence electrons. The van der Waals surface area contributed by atoms with E-state index in [1.165, 1.54) is 0 Å². The summed E-state index contributed by atoms with van der Waals surface area (Å²) in [5.74, 6) is 0.316. The molecule has 0 spiro atoms. The number of nitrogens with one attached hydrogen (secondary N) is 2. The van der Waals surface area contributed by atoms with Crippen LogP contribution in [0.15, 0.2) is 54.6 Å². The highest BCUT2D eigenvalue weighted by atomic mass is 35.5. The predicted octanol–water partition coefficient (Wildman–Crippen LogP) is 7.02. The Labute approximate surface area is 186 Å². The summed E-state index contributed by atoms with van der Waals surface area (Å²) in [6, 6.07) is 15.6. The van der Waals surface area contributed by atoms with Gasteiger partial charge in [-0.25, -0.2) is 4.98 Å². The molecule has 0 radical (unpaired) electrons. The number of halogens is 4. The van der Waals surface area contributed by atoms with Crippen molar-refractivity contribution in [3.8, 4) is 0 Å². The van der Waals surface area contributed by atoms with Crippen LogP contribution in [0.4, 0.5) is 5.69 Å². The molecule has 4 rings (SSSR count). The van der Waals surface area contributed by atoms with E-state index >= 15 is 0 Å². The van der Waals surface area contributed by atoms with Crippen LogP contribution < -0.4 is 5.32 Å². The molecule has 0 unspecified atom stereocenters. The molecule has 0 aliphatic heterocycles. The van der Waals surface area contributed by atoms with E-state index < -0.39 is 0 Å². The lowest BCUT2D eigenvalue weighted by atomic mass is 10.1. The van der Waals surface area contributed by atoms with Crippen LogP contribution in [0.25, 0.3) is 11.0 Å². The molecule has 0 atom stereocenters. The topological polar surface area (TPSA) is 57.8 Å². The van der Waals surface area contributed by atoms with Crippen LogP contribution in [0.5, 0.6) is 0 Å². The average molecular weight is 465 g/mol. The Balaban J connectivity index is 1.64. The number of benzene rings is 3. The van der Waals surface area contributed by atoms with E-state index in [9.17, 15) is 4.79 Å². The molecule has 0 saturated heterocycles. The number of imidazole rings is 1. The quantitative estimate of drug-likeness (QED) is 0.341. The second-order valence-corrected chi connectivity index (χ2v) is 8.03.